The lowest BCUT2D eigenvalue weighted by molar-refractivity contribution is -0.122. The lowest BCUT2D eigenvalue weighted by Gasteiger charge is -2.19. The van der Waals surface area contributed by atoms with Gasteiger partial charge in [0.05, 0.1) is 30.4 Å². The van der Waals surface area contributed by atoms with Crippen LogP contribution >= 0.6 is 11.6 Å². The minimum atomic E-state index is -0.250. The van der Waals surface area contributed by atoms with E-state index in [1.807, 2.05) is 13.0 Å². The Kier molecular flexibility index (Phi) is 15.7. The Hall–Kier alpha value is -4.50. The first-order chi connectivity index (χ1) is 24.8. The van der Waals surface area contributed by atoms with Gasteiger partial charge in [-0.3, -0.25) is 9.78 Å². The fourth-order valence-corrected chi connectivity index (χ4v) is 6.14. The van der Waals surface area contributed by atoms with E-state index in [0.29, 0.717) is 41.8 Å². The number of carboxylic acid groups (broad SMARTS) is 1. The zero-order valence-electron chi connectivity index (χ0n) is 29.5. The Morgan fingerprint density at radius 2 is 1.61 bits per heavy atom. The van der Waals surface area contributed by atoms with Gasteiger partial charge in [-0.25, -0.2) is 0 Å². The van der Waals surface area contributed by atoms with Gasteiger partial charge in [-0.15, -0.1) is 0 Å². The molecule has 0 saturated carbocycles. The maximum Gasteiger partial charge on any atom is 0.290 e. The number of benzene rings is 3. The standard InChI is InChI=1S/C39H45ClN4O4.CH2O2/c1-27(23-45)43-22-34-17-37(40)39(18-38(34)47-24-31-16-30(19-41)20-42-21-31)48-26-33-9-7-11-36(29(33)3)35-10-6-8-32(28(35)2)25-46-15-14-44-12-4-5-13-44;2-1-3/h6-11,16-18,20-21,27,43,45H,4-5,12-15,22-26H2,1-3H3;1H,(H,2,3). The van der Waals surface area contributed by atoms with E-state index in [-0.39, 0.29) is 25.7 Å². The van der Waals surface area contributed by atoms with Gasteiger partial charge in [-0.05, 0) is 92.2 Å². The summed E-state index contributed by atoms with van der Waals surface area (Å²) in [5.74, 6) is 1.10. The average Bonchev–Trinajstić information content (AvgIpc) is 3.67. The van der Waals surface area contributed by atoms with Crippen molar-refractivity contribution in [1.82, 2.24) is 15.2 Å². The Labute approximate surface area is 305 Å². The number of rotatable bonds is 16. The fraction of sp³-hybridized carbons (Fsp3) is 0.375. The molecule has 0 spiro atoms. The number of nitrogens with one attached hydrogen (secondary N) is 1. The van der Waals surface area contributed by atoms with Crippen LogP contribution in [0.4, 0.5) is 0 Å². The molecule has 10 nitrogen and oxygen atoms in total. The molecule has 3 aromatic carbocycles. The number of likely N-dealkylation sites (tertiary alicyclic amines) is 1. The van der Waals surface area contributed by atoms with Gasteiger partial charge in [0.1, 0.15) is 30.8 Å². The molecule has 1 fully saturated rings. The van der Waals surface area contributed by atoms with Gasteiger partial charge in [0.25, 0.3) is 6.47 Å². The highest BCUT2D eigenvalue weighted by Crippen LogP contribution is 2.35. The largest absolute Gasteiger partial charge is 0.488 e. The molecule has 1 saturated heterocycles. The minimum Gasteiger partial charge on any atom is -0.488 e. The molecule has 1 aliphatic heterocycles. The molecule has 1 aliphatic rings. The SMILES string of the molecule is Cc1c(COCCN2CCCC2)cccc1-c1cccc(COc2cc(OCc3cncc(C#N)c3)c(CNC(C)CO)cc2Cl)c1C.O=CO. The molecular formula is C40H47ClN4O6. The van der Waals surface area contributed by atoms with Crippen LogP contribution in [0.3, 0.4) is 0 Å². The van der Waals surface area contributed by atoms with Crippen LogP contribution in [-0.2, 0) is 35.9 Å². The zero-order chi connectivity index (χ0) is 36.6. The van der Waals surface area contributed by atoms with Gasteiger partial charge < -0.3 is 34.6 Å². The number of aliphatic hydroxyl groups excluding tert-OH is 1. The van der Waals surface area contributed by atoms with Crippen LogP contribution in [0.1, 0.15) is 58.7 Å². The molecule has 1 aromatic heterocycles. The van der Waals surface area contributed by atoms with Crippen LogP contribution in [0.2, 0.25) is 5.02 Å². The highest BCUT2D eigenvalue weighted by molar-refractivity contribution is 6.32. The van der Waals surface area contributed by atoms with Gasteiger partial charge in [-0.2, -0.15) is 5.26 Å². The second kappa shape index (κ2) is 20.4. The first-order valence-electron chi connectivity index (χ1n) is 17.1. The van der Waals surface area contributed by atoms with Crippen LogP contribution in [0.5, 0.6) is 11.5 Å². The summed E-state index contributed by atoms with van der Waals surface area (Å²) in [5.41, 5.74) is 9.04. The number of hydrogen-bond donors (Lipinski definition) is 3. The van der Waals surface area contributed by atoms with Crippen LogP contribution in [0.15, 0.2) is 67.0 Å². The molecule has 11 heteroatoms. The number of pyridine rings is 1. The molecule has 1 atom stereocenters. The summed E-state index contributed by atoms with van der Waals surface area (Å²) in [6.45, 7) is 11.6. The average molecular weight is 715 g/mol. The maximum absolute atomic E-state index is 9.50. The number of aromatic nitrogens is 1. The van der Waals surface area contributed by atoms with Crippen molar-refractivity contribution >= 4 is 18.1 Å². The molecule has 1 unspecified atom stereocenters. The van der Waals surface area contributed by atoms with Crippen molar-refractivity contribution < 1.29 is 29.2 Å². The summed E-state index contributed by atoms with van der Waals surface area (Å²) in [5, 5.41) is 29.4. The van der Waals surface area contributed by atoms with Crippen LogP contribution in [0, 0.1) is 25.2 Å². The molecule has 2 heterocycles. The zero-order valence-corrected chi connectivity index (χ0v) is 30.3. The second-order valence-corrected chi connectivity index (χ2v) is 12.9. The van der Waals surface area contributed by atoms with Gasteiger partial charge in [-0.1, -0.05) is 48.0 Å². The Bertz CT molecular complexity index is 1770. The number of nitriles is 1. The molecule has 51 heavy (non-hydrogen) atoms. The molecule has 4 aromatic rings. The van der Waals surface area contributed by atoms with E-state index in [2.05, 4.69) is 71.5 Å². The van der Waals surface area contributed by atoms with E-state index in [0.717, 1.165) is 41.0 Å². The van der Waals surface area contributed by atoms with Crippen LogP contribution in [0.25, 0.3) is 11.1 Å². The molecule has 270 valence electrons. The Balaban J connectivity index is 0.00000188. The Morgan fingerprint density at radius 1 is 0.961 bits per heavy atom. The van der Waals surface area contributed by atoms with Crippen molar-refractivity contribution in [3.8, 4) is 28.7 Å². The number of carbonyl (C=O) groups is 1. The first kappa shape index (κ1) is 39.3. The van der Waals surface area contributed by atoms with Gasteiger partial charge in [0.2, 0.25) is 0 Å². The lowest BCUT2D eigenvalue weighted by Crippen LogP contribution is -2.28. The van der Waals surface area contributed by atoms with Crippen molar-refractivity contribution in [2.75, 3.05) is 32.8 Å². The summed E-state index contributed by atoms with van der Waals surface area (Å²) >= 11 is 6.75. The highest BCUT2D eigenvalue weighted by atomic mass is 35.5. The van der Waals surface area contributed by atoms with Crippen molar-refractivity contribution in [2.45, 2.75) is 66.0 Å². The van der Waals surface area contributed by atoms with E-state index in [1.54, 1.807) is 18.3 Å². The van der Waals surface area contributed by atoms with Gasteiger partial charge in [0, 0.05) is 48.7 Å². The van der Waals surface area contributed by atoms with Crippen molar-refractivity contribution in [1.29, 1.82) is 5.26 Å². The lowest BCUT2D eigenvalue weighted by atomic mass is 9.92. The predicted molar refractivity (Wildman–Crippen MR) is 198 cm³/mol. The number of hydrogen-bond acceptors (Lipinski definition) is 9. The summed E-state index contributed by atoms with van der Waals surface area (Å²) < 4.78 is 18.6. The molecule has 0 aliphatic carbocycles. The predicted octanol–water partition coefficient (Wildman–Crippen LogP) is 6.83. The number of halogens is 1. The fourth-order valence-electron chi connectivity index (χ4n) is 5.90. The second-order valence-electron chi connectivity index (χ2n) is 12.5. The Morgan fingerprint density at radius 3 is 2.25 bits per heavy atom. The van der Waals surface area contributed by atoms with Crippen molar-refractivity contribution in [2.24, 2.45) is 0 Å². The molecule has 0 bridgehead atoms. The number of aliphatic hydroxyl groups is 1. The summed E-state index contributed by atoms with van der Waals surface area (Å²) in [7, 11) is 0. The summed E-state index contributed by atoms with van der Waals surface area (Å²) in [6, 6.07) is 20.1. The van der Waals surface area contributed by atoms with Gasteiger partial charge >= 0.3 is 0 Å². The van der Waals surface area contributed by atoms with Crippen molar-refractivity contribution in [3.63, 3.8) is 0 Å². The molecule has 0 amide bonds. The smallest absolute Gasteiger partial charge is 0.290 e. The molecular weight excluding hydrogens is 668 g/mol. The van der Waals surface area contributed by atoms with Gasteiger partial charge in [0.15, 0.2) is 0 Å². The summed E-state index contributed by atoms with van der Waals surface area (Å²) in [6.07, 6.45) is 5.78. The molecule has 3 N–H and O–H groups in total. The van der Waals surface area contributed by atoms with E-state index >= 15 is 0 Å². The highest BCUT2D eigenvalue weighted by Gasteiger charge is 2.16. The van der Waals surface area contributed by atoms with Crippen LogP contribution in [-0.4, -0.2) is 65.5 Å². The minimum absolute atomic E-state index is 0.00655. The quantitative estimate of drug-likeness (QED) is 0.0837. The number of ether oxygens (including phenoxy) is 3. The monoisotopic (exact) mass is 714 g/mol. The van der Waals surface area contributed by atoms with E-state index in [9.17, 15) is 10.4 Å². The van der Waals surface area contributed by atoms with Crippen LogP contribution < -0.4 is 14.8 Å². The molecule has 0 radical (unpaired) electrons. The normalized spacial score (nSPS) is 13.2. The third-order valence-electron chi connectivity index (χ3n) is 8.92. The first-order valence-corrected chi connectivity index (χ1v) is 17.5. The van der Waals surface area contributed by atoms with E-state index < -0.39 is 0 Å². The number of nitrogens with zero attached hydrogens (tertiary/aromatic N) is 3. The molecule has 5 rings (SSSR count). The summed E-state index contributed by atoms with van der Waals surface area (Å²) in [4.78, 5) is 15.0. The van der Waals surface area contributed by atoms with E-state index in [4.69, 9.17) is 35.7 Å². The van der Waals surface area contributed by atoms with Crippen molar-refractivity contribution in [3.05, 3.63) is 111 Å². The third kappa shape index (κ3) is 11.5. The van der Waals surface area contributed by atoms with E-state index in [1.165, 1.54) is 48.8 Å². The maximum atomic E-state index is 9.50. The third-order valence-corrected chi connectivity index (χ3v) is 9.22. The topological polar surface area (TPSA) is 137 Å².